The van der Waals surface area contributed by atoms with Gasteiger partial charge in [0.2, 0.25) is 0 Å². The Labute approximate surface area is 115 Å². The third-order valence-corrected chi connectivity index (χ3v) is 4.66. The van der Waals surface area contributed by atoms with Crippen LogP contribution in [0.2, 0.25) is 0 Å². The van der Waals surface area contributed by atoms with Crippen LogP contribution in [-0.2, 0) is 0 Å². The van der Waals surface area contributed by atoms with Gasteiger partial charge in [0.15, 0.2) is 0 Å². The van der Waals surface area contributed by atoms with Gasteiger partial charge in [0.1, 0.15) is 0 Å². The number of likely N-dealkylation sites (tertiary alicyclic amines) is 1. The Kier molecular flexibility index (Phi) is 6.65. The molecule has 0 aliphatic carbocycles. The van der Waals surface area contributed by atoms with E-state index in [1.165, 1.54) is 45.2 Å². The van der Waals surface area contributed by atoms with Crippen molar-refractivity contribution in [2.75, 3.05) is 19.6 Å². The molecule has 0 amide bonds. The molecule has 0 saturated carbocycles. The summed E-state index contributed by atoms with van der Waals surface area (Å²) in [6.07, 6.45) is 6.95. The molecular weight excluding hydrogens is 220 g/mol. The van der Waals surface area contributed by atoms with Crippen LogP contribution in [0, 0.1) is 5.41 Å². The van der Waals surface area contributed by atoms with Gasteiger partial charge in [-0.3, -0.25) is 4.90 Å². The lowest BCUT2D eigenvalue weighted by atomic mass is 9.83. The first-order chi connectivity index (χ1) is 8.51. The van der Waals surface area contributed by atoms with E-state index in [0.29, 0.717) is 11.5 Å². The Morgan fingerprint density at radius 3 is 2.61 bits per heavy atom. The number of rotatable bonds is 7. The molecule has 1 heterocycles. The summed E-state index contributed by atoms with van der Waals surface area (Å²) in [4.78, 5) is 2.76. The van der Waals surface area contributed by atoms with Crippen LogP contribution < -0.4 is 5.32 Å². The second-order valence-electron chi connectivity index (χ2n) is 6.68. The fourth-order valence-electron chi connectivity index (χ4n) is 3.17. The minimum Gasteiger partial charge on any atom is -0.314 e. The maximum atomic E-state index is 3.60. The molecule has 0 aromatic carbocycles. The molecule has 1 rings (SSSR count). The van der Waals surface area contributed by atoms with Crippen LogP contribution >= 0.6 is 0 Å². The van der Waals surface area contributed by atoms with Crippen molar-refractivity contribution in [2.45, 2.75) is 78.8 Å². The van der Waals surface area contributed by atoms with Crippen LogP contribution in [0.5, 0.6) is 0 Å². The lowest BCUT2D eigenvalue weighted by Gasteiger charge is -2.43. The molecule has 2 nitrogen and oxygen atoms in total. The fourth-order valence-corrected chi connectivity index (χ4v) is 3.17. The van der Waals surface area contributed by atoms with Crippen LogP contribution in [0.1, 0.15) is 66.7 Å². The summed E-state index contributed by atoms with van der Waals surface area (Å²) in [7, 11) is 0. The minimum absolute atomic E-state index is 0.360. The summed E-state index contributed by atoms with van der Waals surface area (Å²) in [6.45, 7) is 15.3. The molecule has 2 heteroatoms. The molecule has 1 fully saturated rings. The highest BCUT2D eigenvalue weighted by Crippen LogP contribution is 2.28. The van der Waals surface area contributed by atoms with Gasteiger partial charge in [-0.05, 0) is 44.7 Å². The maximum Gasteiger partial charge on any atom is 0.0102 e. The summed E-state index contributed by atoms with van der Waals surface area (Å²) in [5.74, 6) is 0. The van der Waals surface area contributed by atoms with Crippen molar-refractivity contribution in [2.24, 2.45) is 5.41 Å². The van der Waals surface area contributed by atoms with Gasteiger partial charge in [0.05, 0.1) is 0 Å². The second kappa shape index (κ2) is 7.49. The maximum absolute atomic E-state index is 3.60. The molecule has 2 atom stereocenters. The Balaban J connectivity index is 2.56. The van der Waals surface area contributed by atoms with Crippen molar-refractivity contribution in [3.05, 3.63) is 0 Å². The van der Waals surface area contributed by atoms with Crippen molar-refractivity contribution in [3.63, 3.8) is 0 Å². The molecule has 0 bridgehead atoms. The number of hydrogen-bond donors (Lipinski definition) is 1. The molecule has 0 aromatic rings. The summed E-state index contributed by atoms with van der Waals surface area (Å²) in [6, 6.07) is 1.43. The fraction of sp³-hybridized carbons (Fsp3) is 1.00. The first-order valence-corrected chi connectivity index (χ1v) is 7.98. The molecule has 1 N–H and O–H groups in total. The number of piperidine rings is 1. The van der Waals surface area contributed by atoms with E-state index in [0.717, 1.165) is 12.6 Å². The van der Waals surface area contributed by atoms with Gasteiger partial charge in [0.25, 0.3) is 0 Å². The van der Waals surface area contributed by atoms with Crippen molar-refractivity contribution in [3.8, 4) is 0 Å². The molecule has 108 valence electrons. The molecule has 0 spiro atoms. The van der Waals surface area contributed by atoms with Gasteiger partial charge < -0.3 is 5.32 Å². The van der Waals surface area contributed by atoms with E-state index in [1.807, 2.05) is 0 Å². The largest absolute Gasteiger partial charge is 0.314 e. The molecule has 1 aliphatic rings. The van der Waals surface area contributed by atoms with Crippen molar-refractivity contribution >= 4 is 0 Å². The Hall–Kier alpha value is -0.0800. The predicted molar refractivity (Wildman–Crippen MR) is 81.0 cm³/mol. The smallest absolute Gasteiger partial charge is 0.0102 e. The van der Waals surface area contributed by atoms with E-state index in [4.69, 9.17) is 0 Å². The number of nitrogens with zero attached hydrogens (tertiary/aromatic N) is 1. The van der Waals surface area contributed by atoms with Crippen LogP contribution in [0.15, 0.2) is 0 Å². The topological polar surface area (TPSA) is 15.3 Å². The van der Waals surface area contributed by atoms with Gasteiger partial charge in [-0.2, -0.15) is 0 Å². The van der Waals surface area contributed by atoms with E-state index in [-0.39, 0.29) is 0 Å². The lowest BCUT2D eigenvalue weighted by molar-refractivity contribution is 0.0745. The van der Waals surface area contributed by atoms with Crippen LogP contribution in [0.4, 0.5) is 0 Å². The average Bonchev–Trinajstić information content (AvgIpc) is 2.32. The highest BCUT2D eigenvalue weighted by Gasteiger charge is 2.31. The number of nitrogens with one attached hydrogen (secondary N) is 1. The Bertz CT molecular complexity index is 223. The van der Waals surface area contributed by atoms with Gasteiger partial charge in [-0.1, -0.05) is 40.5 Å². The van der Waals surface area contributed by atoms with Crippen molar-refractivity contribution in [1.29, 1.82) is 0 Å². The zero-order chi connectivity index (χ0) is 13.6. The molecule has 0 radical (unpaired) electrons. The van der Waals surface area contributed by atoms with E-state index < -0.39 is 0 Å². The molecule has 2 unspecified atom stereocenters. The van der Waals surface area contributed by atoms with E-state index in [9.17, 15) is 0 Å². The third kappa shape index (κ3) is 4.55. The zero-order valence-electron chi connectivity index (χ0n) is 13.3. The van der Waals surface area contributed by atoms with Crippen molar-refractivity contribution in [1.82, 2.24) is 10.2 Å². The molecule has 0 aromatic heterocycles. The Morgan fingerprint density at radius 2 is 2.00 bits per heavy atom. The third-order valence-electron chi connectivity index (χ3n) is 4.66. The molecule has 1 aliphatic heterocycles. The molecular formula is C16H34N2. The van der Waals surface area contributed by atoms with E-state index >= 15 is 0 Å². The SMILES string of the molecule is CCCC1CCCCN1CC(C)(C)C(C)NCC. The minimum atomic E-state index is 0.360. The van der Waals surface area contributed by atoms with Crippen LogP contribution in [-0.4, -0.2) is 36.6 Å². The molecule has 18 heavy (non-hydrogen) atoms. The summed E-state index contributed by atoms with van der Waals surface area (Å²) >= 11 is 0. The van der Waals surface area contributed by atoms with Gasteiger partial charge in [-0.15, -0.1) is 0 Å². The van der Waals surface area contributed by atoms with Crippen LogP contribution in [0.25, 0.3) is 0 Å². The monoisotopic (exact) mass is 254 g/mol. The van der Waals surface area contributed by atoms with Crippen molar-refractivity contribution < 1.29 is 0 Å². The van der Waals surface area contributed by atoms with Crippen LogP contribution in [0.3, 0.4) is 0 Å². The van der Waals surface area contributed by atoms with Gasteiger partial charge >= 0.3 is 0 Å². The first-order valence-electron chi connectivity index (χ1n) is 7.98. The predicted octanol–water partition coefficient (Wildman–Crippen LogP) is 3.67. The summed E-state index contributed by atoms with van der Waals surface area (Å²) in [5, 5.41) is 3.60. The summed E-state index contributed by atoms with van der Waals surface area (Å²) < 4.78 is 0. The zero-order valence-corrected chi connectivity index (χ0v) is 13.3. The first kappa shape index (κ1) is 16.0. The van der Waals surface area contributed by atoms with Gasteiger partial charge in [0, 0.05) is 18.6 Å². The average molecular weight is 254 g/mol. The standard InChI is InChI=1S/C16H34N2/c1-6-10-15-11-8-9-12-18(15)13-16(4,5)14(3)17-7-2/h14-15,17H,6-13H2,1-5H3. The number of hydrogen-bond acceptors (Lipinski definition) is 2. The quantitative estimate of drug-likeness (QED) is 0.746. The Morgan fingerprint density at radius 1 is 1.28 bits per heavy atom. The molecule has 1 saturated heterocycles. The second-order valence-corrected chi connectivity index (χ2v) is 6.68. The highest BCUT2D eigenvalue weighted by molar-refractivity contribution is 4.87. The summed E-state index contributed by atoms with van der Waals surface area (Å²) in [5.41, 5.74) is 0.360. The lowest BCUT2D eigenvalue weighted by Crippen LogP contribution is -2.50. The normalized spacial score (nSPS) is 24.2. The van der Waals surface area contributed by atoms with Gasteiger partial charge in [-0.25, -0.2) is 0 Å². The van der Waals surface area contributed by atoms with E-state index in [2.05, 4.69) is 44.8 Å². The highest BCUT2D eigenvalue weighted by atomic mass is 15.2. The van der Waals surface area contributed by atoms with E-state index in [1.54, 1.807) is 0 Å².